The Morgan fingerprint density at radius 2 is 1.90 bits per heavy atom. The fourth-order valence-corrected chi connectivity index (χ4v) is 1.93. The molecule has 0 fully saturated rings. The van der Waals surface area contributed by atoms with Crippen LogP contribution in [0.2, 0.25) is 0 Å². The highest BCUT2D eigenvalue weighted by atomic mass is 19.1. The standard InChI is InChI=1S/C15H14F2N2O/c1-10(11-6-3-4-8-13(11)16)19(2)15(20)12-7-5-9-18-14(12)17/h3-10H,1-2H3. The summed E-state index contributed by atoms with van der Waals surface area (Å²) in [5.41, 5.74) is 0.255. The van der Waals surface area contributed by atoms with Crippen LogP contribution in [0.1, 0.15) is 28.9 Å². The second kappa shape index (κ2) is 5.77. The minimum absolute atomic E-state index is 0.127. The highest BCUT2D eigenvalue weighted by Gasteiger charge is 2.23. The van der Waals surface area contributed by atoms with E-state index in [0.717, 1.165) is 0 Å². The third-order valence-corrected chi connectivity index (χ3v) is 3.25. The van der Waals surface area contributed by atoms with Gasteiger partial charge in [0.05, 0.1) is 11.6 Å². The van der Waals surface area contributed by atoms with Crippen molar-refractivity contribution in [3.8, 4) is 0 Å². The average molecular weight is 276 g/mol. The maximum absolute atomic E-state index is 13.7. The lowest BCUT2D eigenvalue weighted by atomic mass is 10.1. The van der Waals surface area contributed by atoms with Gasteiger partial charge in [0.15, 0.2) is 0 Å². The first-order chi connectivity index (χ1) is 9.52. The van der Waals surface area contributed by atoms with Crippen LogP contribution >= 0.6 is 0 Å². The number of pyridine rings is 1. The lowest BCUT2D eigenvalue weighted by Gasteiger charge is -2.25. The predicted molar refractivity (Wildman–Crippen MR) is 71.1 cm³/mol. The summed E-state index contributed by atoms with van der Waals surface area (Å²) in [4.78, 5) is 16.9. The number of carbonyl (C=O) groups is 1. The van der Waals surface area contributed by atoms with Crippen molar-refractivity contribution >= 4 is 5.91 Å². The third kappa shape index (κ3) is 2.66. The van der Waals surface area contributed by atoms with Crippen molar-refractivity contribution in [1.29, 1.82) is 0 Å². The lowest BCUT2D eigenvalue weighted by Crippen LogP contribution is -2.31. The summed E-state index contributed by atoms with van der Waals surface area (Å²) >= 11 is 0. The van der Waals surface area contributed by atoms with Crippen LogP contribution in [0.15, 0.2) is 42.6 Å². The van der Waals surface area contributed by atoms with Crippen LogP contribution < -0.4 is 0 Å². The minimum Gasteiger partial charge on any atom is -0.335 e. The molecule has 0 radical (unpaired) electrons. The zero-order chi connectivity index (χ0) is 14.7. The van der Waals surface area contributed by atoms with Gasteiger partial charge in [0.2, 0.25) is 5.95 Å². The molecule has 3 nitrogen and oxygen atoms in total. The van der Waals surface area contributed by atoms with Crippen LogP contribution in [0, 0.1) is 11.8 Å². The zero-order valence-electron chi connectivity index (χ0n) is 11.2. The summed E-state index contributed by atoms with van der Waals surface area (Å²) in [6.07, 6.45) is 1.27. The summed E-state index contributed by atoms with van der Waals surface area (Å²) in [7, 11) is 1.51. The molecule has 1 aromatic carbocycles. The van der Waals surface area contributed by atoms with E-state index in [2.05, 4.69) is 4.98 Å². The number of benzene rings is 1. The Balaban J connectivity index is 2.28. The van der Waals surface area contributed by atoms with Crippen LogP contribution in [0.3, 0.4) is 0 Å². The van der Waals surface area contributed by atoms with Crippen LogP contribution in [-0.4, -0.2) is 22.8 Å². The molecule has 2 aromatic rings. The van der Waals surface area contributed by atoms with E-state index in [1.807, 2.05) is 0 Å². The quantitative estimate of drug-likeness (QED) is 0.807. The van der Waals surface area contributed by atoms with Gasteiger partial charge < -0.3 is 4.90 Å². The molecular formula is C15H14F2N2O. The van der Waals surface area contributed by atoms with Crippen LogP contribution in [-0.2, 0) is 0 Å². The zero-order valence-corrected chi connectivity index (χ0v) is 11.2. The van der Waals surface area contributed by atoms with Crippen molar-refractivity contribution in [3.05, 3.63) is 65.5 Å². The Kier molecular flexibility index (Phi) is 4.08. The molecule has 0 aliphatic rings. The van der Waals surface area contributed by atoms with Gasteiger partial charge in [0.1, 0.15) is 5.82 Å². The van der Waals surface area contributed by atoms with E-state index in [0.29, 0.717) is 5.56 Å². The first-order valence-corrected chi connectivity index (χ1v) is 6.14. The molecule has 2 rings (SSSR count). The Bertz CT molecular complexity index is 631. The number of nitrogens with zero attached hydrogens (tertiary/aromatic N) is 2. The van der Waals surface area contributed by atoms with Crippen molar-refractivity contribution in [2.45, 2.75) is 13.0 Å². The maximum atomic E-state index is 13.7. The van der Waals surface area contributed by atoms with E-state index in [1.54, 1.807) is 25.1 Å². The average Bonchev–Trinajstić information content (AvgIpc) is 2.46. The molecule has 0 aliphatic heterocycles. The largest absolute Gasteiger partial charge is 0.335 e. The molecule has 0 spiro atoms. The number of rotatable bonds is 3. The second-order valence-electron chi connectivity index (χ2n) is 4.46. The number of hydrogen-bond donors (Lipinski definition) is 0. The number of carbonyl (C=O) groups excluding carboxylic acids is 1. The summed E-state index contributed by atoms with van der Waals surface area (Å²) in [5.74, 6) is -1.76. The molecule has 0 N–H and O–H groups in total. The van der Waals surface area contributed by atoms with Gasteiger partial charge in [-0.3, -0.25) is 4.79 Å². The second-order valence-corrected chi connectivity index (χ2v) is 4.46. The minimum atomic E-state index is -0.829. The van der Waals surface area contributed by atoms with Gasteiger partial charge in [-0.15, -0.1) is 0 Å². The Morgan fingerprint density at radius 1 is 1.20 bits per heavy atom. The topological polar surface area (TPSA) is 33.2 Å². The Hall–Kier alpha value is -2.30. The molecule has 0 bridgehead atoms. The van der Waals surface area contributed by atoms with Crippen LogP contribution in [0.5, 0.6) is 0 Å². The summed E-state index contributed by atoms with van der Waals surface area (Å²) in [6, 6.07) is 8.53. The Labute approximate surface area is 115 Å². The van der Waals surface area contributed by atoms with E-state index in [-0.39, 0.29) is 5.56 Å². The third-order valence-electron chi connectivity index (χ3n) is 3.25. The molecule has 0 saturated carbocycles. The molecule has 0 aliphatic carbocycles. The van der Waals surface area contributed by atoms with E-state index in [1.165, 1.54) is 36.3 Å². The molecule has 1 unspecified atom stereocenters. The first kappa shape index (κ1) is 14.1. The fraction of sp³-hybridized carbons (Fsp3) is 0.200. The van der Waals surface area contributed by atoms with Crippen molar-refractivity contribution in [1.82, 2.24) is 9.88 Å². The molecule has 5 heteroatoms. The van der Waals surface area contributed by atoms with Crippen molar-refractivity contribution in [2.24, 2.45) is 0 Å². The molecule has 0 saturated heterocycles. The monoisotopic (exact) mass is 276 g/mol. The van der Waals surface area contributed by atoms with Crippen molar-refractivity contribution < 1.29 is 13.6 Å². The van der Waals surface area contributed by atoms with Crippen molar-refractivity contribution in [2.75, 3.05) is 7.05 Å². The molecule has 20 heavy (non-hydrogen) atoms. The Morgan fingerprint density at radius 3 is 2.55 bits per heavy atom. The van der Waals surface area contributed by atoms with Gasteiger partial charge in [-0.05, 0) is 25.1 Å². The SMILES string of the molecule is CC(c1ccccc1F)N(C)C(=O)c1cccnc1F. The van der Waals surface area contributed by atoms with Gasteiger partial charge in [0.25, 0.3) is 5.91 Å². The highest BCUT2D eigenvalue weighted by Crippen LogP contribution is 2.23. The van der Waals surface area contributed by atoms with Crippen LogP contribution in [0.25, 0.3) is 0 Å². The normalized spacial score (nSPS) is 12.0. The predicted octanol–water partition coefficient (Wildman–Crippen LogP) is 3.19. The van der Waals surface area contributed by atoms with E-state index in [9.17, 15) is 13.6 Å². The highest BCUT2D eigenvalue weighted by molar-refractivity contribution is 5.94. The maximum Gasteiger partial charge on any atom is 0.258 e. The number of halogens is 2. The van der Waals surface area contributed by atoms with Gasteiger partial charge in [-0.1, -0.05) is 18.2 Å². The number of aromatic nitrogens is 1. The molecule has 1 atom stereocenters. The molecule has 1 heterocycles. The van der Waals surface area contributed by atoms with Gasteiger partial charge in [-0.25, -0.2) is 9.37 Å². The number of amides is 1. The van der Waals surface area contributed by atoms with Gasteiger partial charge >= 0.3 is 0 Å². The molecular weight excluding hydrogens is 262 g/mol. The summed E-state index contributed by atoms with van der Waals surface area (Å²) in [6.45, 7) is 1.69. The molecule has 1 amide bonds. The van der Waals surface area contributed by atoms with E-state index >= 15 is 0 Å². The molecule has 104 valence electrons. The lowest BCUT2D eigenvalue weighted by molar-refractivity contribution is 0.0734. The van der Waals surface area contributed by atoms with Crippen LogP contribution in [0.4, 0.5) is 8.78 Å². The van der Waals surface area contributed by atoms with Gasteiger partial charge in [-0.2, -0.15) is 4.39 Å². The van der Waals surface area contributed by atoms with E-state index in [4.69, 9.17) is 0 Å². The number of hydrogen-bond acceptors (Lipinski definition) is 2. The smallest absolute Gasteiger partial charge is 0.258 e. The fourth-order valence-electron chi connectivity index (χ4n) is 1.93. The summed E-state index contributed by atoms with van der Waals surface area (Å²) in [5, 5.41) is 0. The first-order valence-electron chi connectivity index (χ1n) is 6.14. The van der Waals surface area contributed by atoms with Crippen molar-refractivity contribution in [3.63, 3.8) is 0 Å². The molecule has 1 aromatic heterocycles. The van der Waals surface area contributed by atoms with Gasteiger partial charge in [0, 0.05) is 18.8 Å². The van der Waals surface area contributed by atoms with E-state index < -0.39 is 23.7 Å². The summed E-state index contributed by atoms with van der Waals surface area (Å²) < 4.78 is 27.2.